The number of nitrogens with one attached hydrogen (secondary N) is 1. The Labute approximate surface area is 133 Å². The molecule has 1 heterocycles. The Bertz CT molecular complexity index is 450. The minimum Gasteiger partial charge on any atom is -0.371 e. The molecule has 0 radical (unpaired) electrons. The normalized spacial score (nSPS) is 22.0. The molecule has 2 atom stereocenters. The van der Waals surface area contributed by atoms with E-state index in [0.717, 1.165) is 32.4 Å². The second-order valence-corrected chi connectivity index (χ2v) is 7.81. The molecular formula is C17H30N2OS. The van der Waals surface area contributed by atoms with Crippen LogP contribution in [0, 0.1) is 5.41 Å². The van der Waals surface area contributed by atoms with Crippen LogP contribution in [0.1, 0.15) is 81.6 Å². The van der Waals surface area contributed by atoms with Gasteiger partial charge in [0, 0.05) is 17.5 Å². The molecule has 0 spiro atoms. The Kier molecular flexibility index (Phi) is 5.81. The van der Waals surface area contributed by atoms with E-state index in [1.165, 1.54) is 22.0 Å². The number of fused-ring (bicyclic) bond motifs is 1. The van der Waals surface area contributed by atoms with E-state index in [0.29, 0.717) is 11.5 Å². The van der Waals surface area contributed by atoms with Crippen LogP contribution in [0.5, 0.6) is 0 Å². The number of hydrogen-bond acceptors (Lipinski definition) is 4. The van der Waals surface area contributed by atoms with Crippen molar-refractivity contribution in [3.63, 3.8) is 0 Å². The molecule has 1 aromatic rings. The summed E-state index contributed by atoms with van der Waals surface area (Å²) in [5.74, 6) is 0. The van der Waals surface area contributed by atoms with Crippen molar-refractivity contribution in [3.8, 4) is 0 Å². The Balaban J connectivity index is 2.28. The van der Waals surface area contributed by atoms with Crippen molar-refractivity contribution >= 4 is 11.3 Å². The molecule has 0 fully saturated rings. The number of rotatable bonds is 7. The SMILES string of the molecule is CCCC(OCC)c1nc2c(s1)C(NCC)CC(C)(C)C2. The van der Waals surface area contributed by atoms with Crippen molar-refractivity contribution in [2.24, 2.45) is 5.41 Å². The van der Waals surface area contributed by atoms with Gasteiger partial charge in [-0.3, -0.25) is 0 Å². The predicted molar refractivity (Wildman–Crippen MR) is 89.9 cm³/mol. The molecule has 1 aromatic heterocycles. The van der Waals surface area contributed by atoms with E-state index >= 15 is 0 Å². The third-order valence-corrected chi connectivity index (χ3v) is 5.41. The number of hydrogen-bond donors (Lipinski definition) is 1. The first-order valence-electron chi connectivity index (χ1n) is 8.35. The summed E-state index contributed by atoms with van der Waals surface area (Å²) >= 11 is 1.87. The zero-order valence-electron chi connectivity index (χ0n) is 14.2. The summed E-state index contributed by atoms with van der Waals surface area (Å²) in [7, 11) is 0. The molecule has 21 heavy (non-hydrogen) atoms. The molecule has 1 aliphatic rings. The molecule has 2 rings (SSSR count). The summed E-state index contributed by atoms with van der Waals surface area (Å²) in [6.45, 7) is 12.9. The molecule has 120 valence electrons. The molecule has 0 saturated heterocycles. The molecule has 3 nitrogen and oxygen atoms in total. The quantitative estimate of drug-likeness (QED) is 0.796. The molecule has 1 aliphatic carbocycles. The first kappa shape index (κ1) is 16.9. The van der Waals surface area contributed by atoms with Crippen molar-refractivity contribution in [2.75, 3.05) is 13.2 Å². The zero-order chi connectivity index (χ0) is 15.5. The lowest BCUT2D eigenvalue weighted by molar-refractivity contribution is 0.0553. The third-order valence-electron chi connectivity index (χ3n) is 4.11. The van der Waals surface area contributed by atoms with E-state index in [1.54, 1.807) is 0 Å². The third kappa shape index (κ3) is 4.05. The summed E-state index contributed by atoms with van der Waals surface area (Å²) in [5, 5.41) is 4.83. The average Bonchev–Trinajstić information content (AvgIpc) is 2.81. The van der Waals surface area contributed by atoms with Gasteiger partial charge in [-0.15, -0.1) is 11.3 Å². The van der Waals surface area contributed by atoms with Gasteiger partial charge in [0.1, 0.15) is 11.1 Å². The van der Waals surface area contributed by atoms with Crippen LogP contribution in [0.15, 0.2) is 0 Å². The highest BCUT2D eigenvalue weighted by atomic mass is 32.1. The van der Waals surface area contributed by atoms with Crippen LogP contribution in [-0.2, 0) is 11.2 Å². The van der Waals surface area contributed by atoms with Crippen LogP contribution >= 0.6 is 11.3 Å². The number of nitrogens with zero attached hydrogens (tertiary/aromatic N) is 1. The maximum atomic E-state index is 5.92. The van der Waals surface area contributed by atoms with Crippen molar-refractivity contribution in [1.82, 2.24) is 10.3 Å². The van der Waals surface area contributed by atoms with E-state index in [9.17, 15) is 0 Å². The van der Waals surface area contributed by atoms with Gasteiger partial charge in [0.25, 0.3) is 0 Å². The Morgan fingerprint density at radius 3 is 2.76 bits per heavy atom. The smallest absolute Gasteiger partial charge is 0.122 e. The summed E-state index contributed by atoms with van der Waals surface area (Å²) in [5.41, 5.74) is 1.63. The standard InChI is InChI=1S/C17H30N2OS/c1-6-9-14(20-8-3)16-19-13-11-17(4,5)10-12(18-7-2)15(13)21-16/h12,14,18H,6-11H2,1-5H3. The first-order chi connectivity index (χ1) is 10.0. The Morgan fingerprint density at radius 2 is 2.14 bits per heavy atom. The van der Waals surface area contributed by atoms with E-state index in [2.05, 4.69) is 39.9 Å². The van der Waals surface area contributed by atoms with Gasteiger partial charge in [0.2, 0.25) is 0 Å². The molecule has 1 N–H and O–H groups in total. The Morgan fingerprint density at radius 1 is 1.38 bits per heavy atom. The van der Waals surface area contributed by atoms with Gasteiger partial charge in [-0.05, 0) is 38.1 Å². The van der Waals surface area contributed by atoms with Crippen LogP contribution < -0.4 is 5.32 Å². The summed E-state index contributed by atoms with van der Waals surface area (Å²) in [6.07, 6.45) is 4.67. The fraction of sp³-hybridized carbons (Fsp3) is 0.824. The number of ether oxygens (including phenoxy) is 1. The second kappa shape index (κ2) is 7.21. The lowest BCUT2D eigenvalue weighted by atomic mass is 9.76. The van der Waals surface area contributed by atoms with E-state index in [1.807, 2.05) is 11.3 Å². The van der Waals surface area contributed by atoms with Crippen molar-refractivity contribution < 1.29 is 4.74 Å². The highest BCUT2D eigenvalue weighted by Crippen LogP contribution is 2.44. The summed E-state index contributed by atoms with van der Waals surface area (Å²) in [6, 6.07) is 0.462. The van der Waals surface area contributed by atoms with Gasteiger partial charge in [-0.2, -0.15) is 0 Å². The van der Waals surface area contributed by atoms with Gasteiger partial charge >= 0.3 is 0 Å². The van der Waals surface area contributed by atoms with Crippen LogP contribution in [0.4, 0.5) is 0 Å². The lowest BCUT2D eigenvalue weighted by Gasteiger charge is -2.34. The lowest BCUT2D eigenvalue weighted by Crippen LogP contribution is -2.32. The molecular weight excluding hydrogens is 280 g/mol. The van der Waals surface area contributed by atoms with E-state index < -0.39 is 0 Å². The minimum atomic E-state index is 0.181. The van der Waals surface area contributed by atoms with Gasteiger partial charge in [-0.25, -0.2) is 4.98 Å². The fourth-order valence-corrected chi connectivity index (χ4v) is 4.49. The maximum absolute atomic E-state index is 5.92. The van der Waals surface area contributed by atoms with Crippen LogP contribution in [0.2, 0.25) is 0 Å². The molecule has 0 bridgehead atoms. The van der Waals surface area contributed by atoms with Crippen molar-refractivity contribution in [2.45, 2.75) is 72.4 Å². The van der Waals surface area contributed by atoms with Crippen LogP contribution in [-0.4, -0.2) is 18.1 Å². The molecule has 2 unspecified atom stereocenters. The fourth-order valence-electron chi connectivity index (χ4n) is 3.24. The largest absolute Gasteiger partial charge is 0.371 e. The summed E-state index contributed by atoms with van der Waals surface area (Å²) < 4.78 is 5.92. The van der Waals surface area contributed by atoms with Gasteiger partial charge < -0.3 is 10.1 Å². The van der Waals surface area contributed by atoms with E-state index in [4.69, 9.17) is 9.72 Å². The average molecular weight is 311 g/mol. The second-order valence-electron chi connectivity index (χ2n) is 6.75. The van der Waals surface area contributed by atoms with Crippen molar-refractivity contribution in [1.29, 1.82) is 0 Å². The van der Waals surface area contributed by atoms with Gasteiger partial charge in [0.15, 0.2) is 0 Å². The van der Waals surface area contributed by atoms with Gasteiger partial charge in [0.05, 0.1) is 5.69 Å². The highest BCUT2D eigenvalue weighted by Gasteiger charge is 2.35. The monoisotopic (exact) mass is 310 g/mol. The predicted octanol–water partition coefficient (Wildman–Crippen LogP) is 4.64. The topological polar surface area (TPSA) is 34.1 Å². The maximum Gasteiger partial charge on any atom is 0.122 e. The number of thiazole rings is 1. The van der Waals surface area contributed by atoms with Crippen molar-refractivity contribution in [3.05, 3.63) is 15.6 Å². The minimum absolute atomic E-state index is 0.181. The molecule has 0 amide bonds. The van der Waals surface area contributed by atoms with E-state index in [-0.39, 0.29) is 6.10 Å². The molecule has 0 saturated carbocycles. The van der Waals surface area contributed by atoms with Crippen LogP contribution in [0.3, 0.4) is 0 Å². The number of aromatic nitrogens is 1. The van der Waals surface area contributed by atoms with Gasteiger partial charge in [-0.1, -0.05) is 34.1 Å². The van der Waals surface area contributed by atoms with Crippen LogP contribution in [0.25, 0.3) is 0 Å². The zero-order valence-corrected chi connectivity index (χ0v) is 15.0. The molecule has 0 aromatic carbocycles. The molecule has 0 aliphatic heterocycles. The highest BCUT2D eigenvalue weighted by molar-refractivity contribution is 7.11. The Hall–Kier alpha value is -0.450. The molecule has 4 heteroatoms. The summed E-state index contributed by atoms with van der Waals surface area (Å²) in [4.78, 5) is 6.42. The first-order valence-corrected chi connectivity index (χ1v) is 9.16.